The summed E-state index contributed by atoms with van der Waals surface area (Å²) in [6, 6.07) is 6.15. The molecule has 0 amide bonds. The fourth-order valence-corrected chi connectivity index (χ4v) is 2.95. The van der Waals surface area contributed by atoms with Gasteiger partial charge in [0.15, 0.2) is 0 Å². The number of piperazine rings is 1. The summed E-state index contributed by atoms with van der Waals surface area (Å²) >= 11 is 0. The van der Waals surface area contributed by atoms with Crippen molar-refractivity contribution in [2.45, 2.75) is 18.9 Å². The highest BCUT2D eigenvalue weighted by atomic mass is 16.4. The Hall–Kier alpha value is -1.55. The van der Waals surface area contributed by atoms with Gasteiger partial charge in [0.1, 0.15) is 0 Å². The molecule has 1 unspecified atom stereocenters. The summed E-state index contributed by atoms with van der Waals surface area (Å²) in [5.74, 6) is -0.810. The number of fused-ring (bicyclic) bond motifs is 3. The van der Waals surface area contributed by atoms with E-state index in [0.29, 0.717) is 11.6 Å². The van der Waals surface area contributed by atoms with Crippen LogP contribution in [-0.2, 0) is 6.42 Å². The largest absolute Gasteiger partial charge is 0.478 e. The van der Waals surface area contributed by atoms with Gasteiger partial charge in [0.2, 0.25) is 0 Å². The number of benzene rings is 1. The molecule has 3 rings (SSSR count). The van der Waals surface area contributed by atoms with Crippen molar-refractivity contribution < 1.29 is 9.90 Å². The van der Waals surface area contributed by atoms with E-state index < -0.39 is 5.97 Å². The Morgan fingerprint density at radius 1 is 1.47 bits per heavy atom. The van der Waals surface area contributed by atoms with Crippen molar-refractivity contribution in [2.24, 2.45) is 0 Å². The van der Waals surface area contributed by atoms with E-state index in [-0.39, 0.29) is 0 Å². The average Bonchev–Trinajstić information content (AvgIpc) is 2.37. The van der Waals surface area contributed by atoms with Crippen LogP contribution >= 0.6 is 0 Å². The van der Waals surface area contributed by atoms with Crippen LogP contribution in [0.15, 0.2) is 18.2 Å². The SMILES string of the molecule is O=C(O)c1cccc2c1CCC1CNCCN21. The smallest absolute Gasteiger partial charge is 0.336 e. The number of carboxylic acids is 1. The van der Waals surface area contributed by atoms with Crippen molar-refractivity contribution in [1.29, 1.82) is 0 Å². The van der Waals surface area contributed by atoms with E-state index >= 15 is 0 Å². The number of nitrogens with one attached hydrogen (secondary N) is 1. The number of rotatable bonds is 1. The molecule has 0 spiro atoms. The molecule has 2 aliphatic heterocycles. The normalized spacial score (nSPS) is 22.8. The molecule has 0 saturated carbocycles. The molecule has 2 aliphatic rings. The number of anilines is 1. The van der Waals surface area contributed by atoms with Gasteiger partial charge in [0.25, 0.3) is 0 Å². The predicted molar refractivity (Wildman–Crippen MR) is 65.7 cm³/mol. The third-order valence-electron chi connectivity index (χ3n) is 3.77. The van der Waals surface area contributed by atoms with Gasteiger partial charge in [-0.05, 0) is 30.5 Å². The van der Waals surface area contributed by atoms with Crippen molar-refractivity contribution in [3.8, 4) is 0 Å². The van der Waals surface area contributed by atoms with E-state index in [2.05, 4.69) is 16.3 Å². The van der Waals surface area contributed by atoms with Gasteiger partial charge in [-0.1, -0.05) is 6.07 Å². The first-order chi connectivity index (χ1) is 8.27. The molecule has 4 heteroatoms. The fraction of sp³-hybridized carbons (Fsp3) is 0.462. The lowest BCUT2D eigenvalue weighted by Crippen LogP contribution is -2.53. The maximum Gasteiger partial charge on any atom is 0.336 e. The van der Waals surface area contributed by atoms with Crippen LogP contribution in [0, 0.1) is 0 Å². The summed E-state index contributed by atoms with van der Waals surface area (Å²) in [6.45, 7) is 2.96. The van der Waals surface area contributed by atoms with Gasteiger partial charge in [0, 0.05) is 31.4 Å². The van der Waals surface area contributed by atoms with Crippen LogP contribution in [0.1, 0.15) is 22.3 Å². The van der Waals surface area contributed by atoms with Gasteiger partial charge < -0.3 is 15.3 Å². The van der Waals surface area contributed by atoms with Gasteiger partial charge in [-0.15, -0.1) is 0 Å². The van der Waals surface area contributed by atoms with Crippen molar-refractivity contribution in [3.63, 3.8) is 0 Å². The van der Waals surface area contributed by atoms with Crippen LogP contribution in [0.4, 0.5) is 5.69 Å². The Kier molecular flexibility index (Phi) is 2.52. The summed E-state index contributed by atoms with van der Waals surface area (Å²) in [5.41, 5.74) is 2.61. The average molecular weight is 232 g/mol. The third-order valence-corrected chi connectivity index (χ3v) is 3.77. The quantitative estimate of drug-likeness (QED) is 0.761. The monoisotopic (exact) mass is 232 g/mol. The maximum atomic E-state index is 11.2. The zero-order valence-electron chi connectivity index (χ0n) is 9.65. The lowest BCUT2D eigenvalue weighted by molar-refractivity contribution is 0.0695. The van der Waals surface area contributed by atoms with Crippen LogP contribution in [0.25, 0.3) is 0 Å². The molecule has 0 radical (unpaired) electrons. The molecule has 1 atom stereocenters. The second kappa shape index (κ2) is 4.04. The first-order valence-corrected chi connectivity index (χ1v) is 6.10. The number of hydrogen-bond donors (Lipinski definition) is 2. The second-order valence-electron chi connectivity index (χ2n) is 4.70. The molecule has 1 fully saturated rings. The molecule has 90 valence electrons. The maximum absolute atomic E-state index is 11.2. The Morgan fingerprint density at radius 3 is 3.18 bits per heavy atom. The predicted octanol–water partition coefficient (Wildman–Crippen LogP) is 1.11. The van der Waals surface area contributed by atoms with Crippen molar-refractivity contribution in [3.05, 3.63) is 29.3 Å². The van der Waals surface area contributed by atoms with E-state index in [4.69, 9.17) is 0 Å². The van der Waals surface area contributed by atoms with Gasteiger partial charge in [0.05, 0.1) is 5.56 Å². The molecule has 4 nitrogen and oxygen atoms in total. The minimum absolute atomic E-state index is 0.472. The first kappa shape index (κ1) is 10.6. The van der Waals surface area contributed by atoms with Crippen LogP contribution in [-0.4, -0.2) is 36.8 Å². The molecule has 17 heavy (non-hydrogen) atoms. The Morgan fingerprint density at radius 2 is 2.35 bits per heavy atom. The minimum Gasteiger partial charge on any atom is -0.478 e. The zero-order chi connectivity index (χ0) is 11.8. The molecule has 0 aromatic heterocycles. The van der Waals surface area contributed by atoms with Crippen molar-refractivity contribution >= 4 is 11.7 Å². The summed E-state index contributed by atoms with van der Waals surface area (Å²) in [4.78, 5) is 13.6. The van der Waals surface area contributed by atoms with E-state index in [1.54, 1.807) is 6.07 Å². The van der Waals surface area contributed by atoms with Crippen LogP contribution < -0.4 is 10.2 Å². The standard InChI is InChI=1S/C13H16N2O2/c16-13(17)11-2-1-3-12-10(11)5-4-9-8-14-6-7-15(9)12/h1-3,9,14H,4-8H2,(H,16,17). The lowest BCUT2D eigenvalue weighted by Gasteiger charge is -2.42. The molecule has 1 saturated heterocycles. The number of carboxylic acid groups (broad SMARTS) is 1. The zero-order valence-corrected chi connectivity index (χ0v) is 9.65. The van der Waals surface area contributed by atoms with Gasteiger partial charge in [-0.25, -0.2) is 4.79 Å². The van der Waals surface area contributed by atoms with E-state index in [1.165, 1.54) is 0 Å². The van der Waals surface area contributed by atoms with E-state index in [1.807, 2.05) is 6.07 Å². The summed E-state index contributed by atoms with van der Waals surface area (Å²) in [6.07, 6.45) is 1.92. The first-order valence-electron chi connectivity index (χ1n) is 6.10. The molecule has 0 bridgehead atoms. The fourth-order valence-electron chi connectivity index (χ4n) is 2.95. The van der Waals surface area contributed by atoms with Gasteiger partial charge >= 0.3 is 5.97 Å². The minimum atomic E-state index is -0.810. The molecule has 1 aromatic rings. The van der Waals surface area contributed by atoms with Gasteiger partial charge in [-0.2, -0.15) is 0 Å². The van der Waals surface area contributed by atoms with E-state index in [9.17, 15) is 9.90 Å². The molecule has 0 aliphatic carbocycles. The van der Waals surface area contributed by atoms with E-state index in [0.717, 1.165) is 43.7 Å². The van der Waals surface area contributed by atoms with Gasteiger partial charge in [-0.3, -0.25) is 0 Å². The van der Waals surface area contributed by atoms with Crippen LogP contribution in [0.3, 0.4) is 0 Å². The number of aromatic carboxylic acids is 1. The van der Waals surface area contributed by atoms with Crippen molar-refractivity contribution in [2.75, 3.05) is 24.5 Å². The summed E-state index contributed by atoms with van der Waals surface area (Å²) in [5, 5.41) is 12.6. The van der Waals surface area contributed by atoms with Crippen LogP contribution in [0.2, 0.25) is 0 Å². The highest BCUT2D eigenvalue weighted by Crippen LogP contribution is 2.33. The van der Waals surface area contributed by atoms with Crippen LogP contribution in [0.5, 0.6) is 0 Å². The lowest BCUT2D eigenvalue weighted by atomic mass is 9.91. The summed E-state index contributed by atoms with van der Waals surface area (Å²) < 4.78 is 0. The molecule has 1 aromatic carbocycles. The highest BCUT2D eigenvalue weighted by molar-refractivity contribution is 5.91. The number of carbonyl (C=O) groups is 1. The molecular weight excluding hydrogens is 216 g/mol. The highest BCUT2D eigenvalue weighted by Gasteiger charge is 2.30. The Bertz CT molecular complexity index is 459. The Balaban J connectivity index is 2.05. The topological polar surface area (TPSA) is 52.6 Å². The van der Waals surface area contributed by atoms with Crippen molar-refractivity contribution in [1.82, 2.24) is 5.32 Å². The summed E-state index contributed by atoms with van der Waals surface area (Å²) in [7, 11) is 0. The molecule has 2 N–H and O–H groups in total. The second-order valence-corrected chi connectivity index (χ2v) is 4.70. The number of nitrogens with zero attached hydrogens (tertiary/aromatic N) is 1. The Labute approximate surface area is 100 Å². The molecular formula is C13H16N2O2. The molecule has 2 heterocycles. The third kappa shape index (κ3) is 1.69. The number of hydrogen-bond acceptors (Lipinski definition) is 3.